The summed E-state index contributed by atoms with van der Waals surface area (Å²) in [6.45, 7) is 2.02. The molecule has 0 aromatic carbocycles. The Morgan fingerprint density at radius 1 is 1.56 bits per heavy atom. The van der Waals surface area contributed by atoms with Gasteiger partial charge < -0.3 is 10.3 Å². The van der Waals surface area contributed by atoms with Crippen molar-refractivity contribution in [3.63, 3.8) is 0 Å². The van der Waals surface area contributed by atoms with Crippen LogP contribution in [0.4, 0.5) is 0 Å². The van der Waals surface area contributed by atoms with Gasteiger partial charge in [0.1, 0.15) is 6.33 Å². The molecule has 0 fully saturated rings. The summed E-state index contributed by atoms with van der Waals surface area (Å²) in [5, 5.41) is 13.3. The fourth-order valence-electron chi connectivity index (χ4n) is 1.41. The van der Waals surface area contributed by atoms with Crippen LogP contribution in [0.2, 0.25) is 0 Å². The van der Waals surface area contributed by atoms with Gasteiger partial charge in [-0.25, -0.2) is 0 Å². The molecule has 86 valence electrons. The highest BCUT2D eigenvalue weighted by Crippen LogP contribution is 2.36. The number of nitrogens with zero attached hydrogens (tertiary/aromatic N) is 3. The predicted octanol–water partition coefficient (Wildman–Crippen LogP) is 2.06. The Bertz CT molecular complexity index is 435. The SMILES string of the molecule is CC(N)C(Sc1nncn1C)c1ccsc1. The normalized spacial score (nSPS) is 14.9. The maximum absolute atomic E-state index is 6.02. The van der Waals surface area contributed by atoms with E-state index in [1.807, 2.05) is 18.5 Å². The van der Waals surface area contributed by atoms with Gasteiger partial charge in [0.25, 0.3) is 0 Å². The highest BCUT2D eigenvalue weighted by Gasteiger charge is 2.20. The monoisotopic (exact) mass is 254 g/mol. The number of aromatic nitrogens is 3. The van der Waals surface area contributed by atoms with E-state index in [2.05, 4.69) is 27.0 Å². The van der Waals surface area contributed by atoms with Crippen molar-refractivity contribution in [2.45, 2.75) is 23.4 Å². The van der Waals surface area contributed by atoms with Crippen LogP contribution in [0.15, 0.2) is 28.3 Å². The van der Waals surface area contributed by atoms with Gasteiger partial charge in [0.15, 0.2) is 5.16 Å². The fourth-order valence-corrected chi connectivity index (χ4v) is 3.22. The smallest absolute Gasteiger partial charge is 0.191 e. The Morgan fingerprint density at radius 3 is 2.88 bits per heavy atom. The van der Waals surface area contributed by atoms with E-state index in [0.29, 0.717) is 0 Å². The van der Waals surface area contributed by atoms with Gasteiger partial charge in [-0.15, -0.1) is 10.2 Å². The maximum atomic E-state index is 6.02. The Morgan fingerprint density at radius 2 is 2.38 bits per heavy atom. The van der Waals surface area contributed by atoms with E-state index >= 15 is 0 Å². The van der Waals surface area contributed by atoms with Gasteiger partial charge in [-0.05, 0) is 29.3 Å². The zero-order chi connectivity index (χ0) is 11.5. The number of hydrogen-bond donors (Lipinski definition) is 1. The second-order valence-electron chi connectivity index (χ2n) is 3.68. The van der Waals surface area contributed by atoms with E-state index in [1.54, 1.807) is 29.4 Å². The average molecular weight is 254 g/mol. The van der Waals surface area contributed by atoms with E-state index in [1.165, 1.54) is 5.56 Å². The standard InChI is InChI=1S/C10H14N4S2/c1-7(11)9(8-3-4-15-5-8)16-10-13-12-6-14(10)2/h3-7,9H,11H2,1-2H3. The Balaban J connectivity index is 2.19. The molecule has 0 amide bonds. The lowest BCUT2D eigenvalue weighted by Gasteiger charge is -2.18. The van der Waals surface area contributed by atoms with Crippen molar-refractivity contribution in [3.05, 3.63) is 28.7 Å². The molecule has 0 radical (unpaired) electrons. The third-order valence-electron chi connectivity index (χ3n) is 2.25. The molecular weight excluding hydrogens is 240 g/mol. The van der Waals surface area contributed by atoms with E-state index in [9.17, 15) is 0 Å². The van der Waals surface area contributed by atoms with Gasteiger partial charge in [-0.3, -0.25) is 0 Å². The minimum absolute atomic E-state index is 0.0799. The molecule has 0 bridgehead atoms. The number of nitrogens with two attached hydrogens (primary N) is 1. The number of rotatable bonds is 4. The van der Waals surface area contributed by atoms with Crippen LogP contribution in [0.25, 0.3) is 0 Å². The summed E-state index contributed by atoms with van der Waals surface area (Å²) in [6, 6.07) is 2.19. The third-order valence-corrected chi connectivity index (χ3v) is 4.49. The molecule has 0 aliphatic carbocycles. The number of thiophene rings is 1. The second-order valence-corrected chi connectivity index (χ2v) is 5.57. The third kappa shape index (κ3) is 2.45. The quantitative estimate of drug-likeness (QED) is 0.849. The molecule has 0 saturated carbocycles. The first-order valence-electron chi connectivity index (χ1n) is 4.97. The van der Waals surface area contributed by atoms with Gasteiger partial charge in [0.2, 0.25) is 0 Å². The zero-order valence-electron chi connectivity index (χ0n) is 9.20. The lowest BCUT2D eigenvalue weighted by Crippen LogP contribution is -2.22. The van der Waals surface area contributed by atoms with Crippen molar-refractivity contribution in [1.29, 1.82) is 0 Å². The fraction of sp³-hybridized carbons (Fsp3) is 0.400. The molecule has 0 aliphatic rings. The zero-order valence-corrected chi connectivity index (χ0v) is 10.8. The van der Waals surface area contributed by atoms with Gasteiger partial charge in [-0.2, -0.15) is 11.3 Å². The molecule has 2 aromatic rings. The Labute approximate surface area is 103 Å². The Hall–Kier alpha value is -0.850. The number of hydrogen-bond acceptors (Lipinski definition) is 5. The van der Waals surface area contributed by atoms with Crippen LogP contribution in [-0.2, 0) is 7.05 Å². The van der Waals surface area contributed by atoms with Crippen molar-refractivity contribution >= 4 is 23.1 Å². The molecular formula is C10H14N4S2. The number of thioether (sulfide) groups is 1. The van der Waals surface area contributed by atoms with Crippen LogP contribution < -0.4 is 5.73 Å². The Kier molecular flexibility index (Phi) is 3.63. The van der Waals surface area contributed by atoms with Crippen LogP contribution in [0.1, 0.15) is 17.7 Å². The van der Waals surface area contributed by atoms with Crippen LogP contribution in [-0.4, -0.2) is 20.8 Å². The summed E-state index contributed by atoms with van der Waals surface area (Å²) < 4.78 is 1.91. The van der Waals surface area contributed by atoms with Gasteiger partial charge in [-0.1, -0.05) is 11.8 Å². The van der Waals surface area contributed by atoms with Crippen LogP contribution in [0.5, 0.6) is 0 Å². The highest BCUT2D eigenvalue weighted by molar-refractivity contribution is 7.99. The minimum Gasteiger partial charge on any atom is -0.327 e. The topological polar surface area (TPSA) is 56.7 Å². The van der Waals surface area contributed by atoms with Crippen LogP contribution in [0, 0.1) is 0 Å². The molecule has 2 atom stereocenters. The van der Waals surface area contributed by atoms with Crippen molar-refractivity contribution in [2.24, 2.45) is 12.8 Å². The summed E-state index contributed by atoms with van der Waals surface area (Å²) in [5.74, 6) is 0. The summed E-state index contributed by atoms with van der Waals surface area (Å²) in [6.07, 6.45) is 1.70. The van der Waals surface area contributed by atoms with Gasteiger partial charge >= 0.3 is 0 Å². The molecule has 2 rings (SSSR count). The summed E-state index contributed by atoms with van der Waals surface area (Å²) in [7, 11) is 1.94. The molecule has 0 saturated heterocycles. The molecule has 2 heterocycles. The largest absolute Gasteiger partial charge is 0.327 e. The molecule has 16 heavy (non-hydrogen) atoms. The van der Waals surface area contributed by atoms with Crippen LogP contribution >= 0.6 is 23.1 Å². The first-order chi connectivity index (χ1) is 7.68. The number of aryl methyl sites for hydroxylation is 1. The second kappa shape index (κ2) is 4.99. The van der Waals surface area contributed by atoms with Crippen LogP contribution in [0.3, 0.4) is 0 Å². The van der Waals surface area contributed by atoms with Crippen molar-refractivity contribution in [2.75, 3.05) is 0 Å². The lowest BCUT2D eigenvalue weighted by atomic mass is 10.1. The molecule has 2 aromatic heterocycles. The van der Waals surface area contributed by atoms with E-state index in [4.69, 9.17) is 5.73 Å². The van der Waals surface area contributed by atoms with E-state index in [0.717, 1.165) is 5.16 Å². The molecule has 2 N–H and O–H groups in total. The lowest BCUT2D eigenvalue weighted by molar-refractivity contribution is 0.711. The molecule has 2 unspecified atom stereocenters. The molecule has 6 heteroatoms. The van der Waals surface area contributed by atoms with Gasteiger partial charge in [0.05, 0.1) is 5.25 Å². The minimum atomic E-state index is 0.0799. The van der Waals surface area contributed by atoms with E-state index in [-0.39, 0.29) is 11.3 Å². The molecule has 4 nitrogen and oxygen atoms in total. The van der Waals surface area contributed by atoms with E-state index < -0.39 is 0 Å². The van der Waals surface area contributed by atoms with Crippen molar-refractivity contribution in [1.82, 2.24) is 14.8 Å². The first-order valence-corrected chi connectivity index (χ1v) is 6.79. The summed E-state index contributed by atoms with van der Waals surface area (Å²) in [4.78, 5) is 0. The summed E-state index contributed by atoms with van der Waals surface area (Å²) >= 11 is 3.35. The van der Waals surface area contributed by atoms with Crippen molar-refractivity contribution < 1.29 is 0 Å². The molecule has 0 aliphatic heterocycles. The average Bonchev–Trinajstić information content (AvgIpc) is 2.85. The van der Waals surface area contributed by atoms with Gasteiger partial charge in [0, 0.05) is 13.1 Å². The summed E-state index contributed by atoms with van der Waals surface area (Å²) in [5.41, 5.74) is 7.28. The maximum Gasteiger partial charge on any atom is 0.191 e. The highest BCUT2D eigenvalue weighted by atomic mass is 32.2. The predicted molar refractivity (Wildman–Crippen MR) is 67.6 cm³/mol. The van der Waals surface area contributed by atoms with Crippen molar-refractivity contribution in [3.8, 4) is 0 Å². The molecule has 0 spiro atoms. The first kappa shape index (κ1) is 11.6.